The second-order valence-electron chi connectivity index (χ2n) is 5.81. The van der Waals surface area contributed by atoms with E-state index in [1.807, 2.05) is 0 Å². The molecule has 0 amide bonds. The summed E-state index contributed by atoms with van der Waals surface area (Å²) >= 11 is 8.49. The minimum Gasteiger partial charge on any atom is -0.506 e. The van der Waals surface area contributed by atoms with E-state index in [1.165, 1.54) is 23.3 Å². The van der Waals surface area contributed by atoms with Gasteiger partial charge in [0, 0.05) is 14.9 Å². The maximum absolute atomic E-state index is 10.1. The predicted octanol–water partition coefficient (Wildman–Crippen LogP) is 5.25. The number of benzene rings is 1. The molecule has 4 rings (SSSR count). The van der Waals surface area contributed by atoms with Crippen LogP contribution in [0.15, 0.2) is 32.5 Å². The molecule has 0 aliphatic heterocycles. The van der Waals surface area contributed by atoms with Crippen molar-refractivity contribution in [2.24, 2.45) is 5.10 Å². The molecule has 0 saturated carbocycles. The first kappa shape index (κ1) is 16.9. The van der Waals surface area contributed by atoms with E-state index in [2.05, 4.69) is 52.4 Å². The van der Waals surface area contributed by atoms with Crippen LogP contribution in [-0.2, 0) is 12.8 Å². The molecule has 1 aliphatic rings. The second-order valence-corrected chi connectivity index (χ2v) is 8.66. The Morgan fingerprint density at radius 1 is 1.20 bits per heavy atom. The van der Waals surface area contributed by atoms with Crippen LogP contribution in [0.25, 0.3) is 10.2 Å². The Hall–Kier alpha value is -1.51. The van der Waals surface area contributed by atoms with E-state index in [0.717, 1.165) is 27.5 Å². The molecule has 0 saturated heterocycles. The molecular weight excluding hydrogens is 468 g/mol. The number of thiophene rings is 1. The molecule has 1 aromatic carbocycles. The Kier molecular flexibility index (Phi) is 4.75. The number of rotatable bonds is 3. The molecule has 128 valence electrons. The van der Waals surface area contributed by atoms with Crippen LogP contribution in [0.2, 0.25) is 0 Å². The van der Waals surface area contributed by atoms with E-state index < -0.39 is 0 Å². The minimum absolute atomic E-state index is 0.148. The van der Waals surface area contributed by atoms with Gasteiger partial charge in [0.2, 0.25) is 0 Å². The lowest BCUT2D eigenvalue weighted by Crippen LogP contribution is -2.01. The monoisotopic (exact) mass is 480 g/mol. The average Bonchev–Trinajstić information content (AvgIpc) is 2.98. The Bertz CT molecular complexity index is 986. The first-order valence-corrected chi connectivity index (χ1v) is 10.3. The van der Waals surface area contributed by atoms with Gasteiger partial charge in [-0.2, -0.15) is 5.10 Å². The summed E-state index contributed by atoms with van der Waals surface area (Å²) in [5, 5.41) is 15.5. The average molecular weight is 482 g/mol. The summed E-state index contributed by atoms with van der Waals surface area (Å²) in [5.74, 6) is 0.865. The van der Waals surface area contributed by atoms with Gasteiger partial charge < -0.3 is 5.11 Å². The molecule has 0 radical (unpaired) electrons. The number of nitrogens with one attached hydrogen (secondary N) is 1. The summed E-state index contributed by atoms with van der Waals surface area (Å²) in [4.78, 5) is 11.2. The lowest BCUT2D eigenvalue weighted by molar-refractivity contribution is 0.471. The number of aromatic nitrogens is 2. The number of fused-ring (bicyclic) bond motifs is 3. The van der Waals surface area contributed by atoms with Crippen molar-refractivity contribution in [2.75, 3.05) is 5.43 Å². The van der Waals surface area contributed by atoms with Crippen molar-refractivity contribution in [3.8, 4) is 5.75 Å². The molecule has 0 bridgehead atoms. The van der Waals surface area contributed by atoms with Gasteiger partial charge in [0.25, 0.3) is 0 Å². The van der Waals surface area contributed by atoms with Gasteiger partial charge in [-0.1, -0.05) is 15.9 Å². The van der Waals surface area contributed by atoms with Crippen LogP contribution in [0.1, 0.15) is 28.8 Å². The van der Waals surface area contributed by atoms with E-state index in [0.29, 0.717) is 15.9 Å². The van der Waals surface area contributed by atoms with Crippen molar-refractivity contribution in [1.82, 2.24) is 9.97 Å². The molecule has 0 spiro atoms. The molecule has 2 N–H and O–H groups in total. The topological polar surface area (TPSA) is 70.4 Å². The largest absolute Gasteiger partial charge is 0.506 e. The molecule has 0 fully saturated rings. The molecule has 5 nitrogen and oxygen atoms in total. The zero-order valence-electron chi connectivity index (χ0n) is 13.1. The van der Waals surface area contributed by atoms with Crippen molar-refractivity contribution in [2.45, 2.75) is 25.7 Å². The zero-order chi connectivity index (χ0) is 17.4. The number of aromatic hydroxyl groups is 1. The number of phenols is 1. The van der Waals surface area contributed by atoms with Crippen LogP contribution in [0, 0.1) is 0 Å². The van der Waals surface area contributed by atoms with Crippen LogP contribution >= 0.6 is 43.2 Å². The highest BCUT2D eigenvalue weighted by Crippen LogP contribution is 2.38. The Balaban J connectivity index is 1.67. The van der Waals surface area contributed by atoms with Gasteiger partial charge in [-0.3, -0.25) is 5.43 Å². The van der Waals surface area contributed by atoms with Crippen LogP contribution in [0.4, 0.5) is 5.82 Å². The van der Waals surface area contributed by atoms with Crippen molar-refractivity contribution in [3.05, 3.63) is 43.4 Å². The first-order chi connectivity index (χ1) is 12.1. The highest BCUT2D eigenvalue weighted by molar-refractivity contribution is 9.11. The maximum atomic E-state index is 10.1. The molecule has 0 unspecified atom stereocenters. The normalized spacial score (nSPS) is 14.2. The fourth-order valence-electron chi connectivity index (χ4n) is 3.02. The summed E-state index contributed by atoms with van der Waals surface area (Å²) in [6.07, 6.45) is 7.79. The number of anilines is 1. The van der Waals surface area contributed by atoms with Crippen LogP contribution in [0.3, 0.4) is 0 Å². The van der Waals surface area contributed by atoms with Gasteiger partial charge >= 0.3 is 0 Å². The third-order valence-electron chi connectivity index (χ3n) is 4.18. The second kappa shape index (κ2) is 7.01. The lowest BCUT2D eigenvalue weighted by atomic mass is 9.97. The number of aryl methyl sites for hydroxylation is 2. The van der Waals surface area contributed by atoms with Gasteiger partial charge in [0.1, 0.15) is 16.9 Å². The summed E-state index contributed by atoms with van der Waals surface area (Å²) in [7, 11) is 0. The zero-order valence-corrected chi connectivity index (χ0v) is 17.1. The third-order valence-corrected chi connectivity index (χ3v) is 6.45. The van der Waals surface area contributed by atoms with Crippen molar-refractivity contribution in [1.29, 1.82) is 0 Å². The van der Waals surface area contributed by atoms with Gasteiger partial charge in [0.05, 0.1) is 16.1 Å². The minimum atomic E-state index is 0.148. The van der Waals surface area contributed by atoms with Crippen molar-refractivity contribution in [3.63, 3.8) is 0 Å². The van der Waals surface area contributed by atoms with E-state index in [4.69, 9.17) is 0 Å². The molecule has 2 aromatic heterocycles. The highest BCUT2D eigenvalue weighted by atomic mass is 79.9. The Labute approximate surface area is 165 Å². The maximum Gasteiger partial charge on any atom is 0.158 e. The molecule has 2 heterocycles. The molecule has 3 aromatic rings. The number of hydrogen-bond donors (Lipinski definition) is 2. The van der Waals surface area contributed by atoms with Crippen LogP contribution in [0.5, 0.6) is 5.75 Å². The number of nitrogens with zero attached hydrogens (tertiary/aromatic N) is 3. The van der Waals surface area contributed by atoms with Gasteiger partial charge in [-0.15, -0.1) is 11.3 Å². The van der Waals surface area contributed by atoms with Gasteiger partial charge in [-0.05, 0) is 59.3 Å². The molecule has 0 atom stereocenters. The summed E-state index contributed by atoms with van der Waals surface area (Å²) in [5.41, 5.74) is 4.98. The molecule has 1 aliphatic carbocycles. The number of hydrogen-bond acceptors (Lipinski definition) is 6. The Morgan fingerprint density at radius 3 is 2.92 bits per heavy atom. The molecule has 8 heteroatoms. The fourth-order valence-corrected chi connectivity index (χ4v) is 5.51. The fraction of sp³-hybridized carbons (Fsp3) is 0.235. The van der Waals surface area contributed by atoms with E-state index in [-0.39, 0.29) is 5.75 Å². The van der Waals surface area contributed by atoms with Gasteiger partial charge in [0.15, 0.2) is 5.82 Å². The third kappa shape index (κ3) is 3.30. The first-order valence-electron chi connectivity index (χ1n) is 7.86. The highest BCUT2D eigenvalue weighted by Gasteiger charge is 2.19. The number of hydrazone groups is 1. The summed E-state index contributed by atoms with van der Waals surface area (Å²) in [6, 6.07) is 3.58. The van der Waals surface area contributed by atoms with Gasteiger partial charge in [-0.25, -0.2) is 9.97 Å². The number of phenolic OH excluding ortho intramolecular Hbond substituents is 1. The molecule has 25 heavy (non-hydrogen) atoms. The standard InChI is InChI=1S/C17H14Br2N4OS/c18-10-5-9(15(24)12(19)6-10)7-22-23-16-14-11-3-1-2-4-13(11)25-17(14)21-8-20-16/h5-8,24H,1-4H2,(H,20,21,23)/b22-7+. The van der Waals surface area contributed by atoms with E-state index in [1.54, 1.807) is 36.0 Å². The smallest absolute Gasteiger partial charge is 0.158 e. The summed E-state index contributed by atoms with van der Waals surface area (Å²) < 4.78 is 1.47. The Morgan fingerprint density at radius 2 is 2.04 bits per heavy atom. The van der Waals surface area contributed by atoms with Crippen molar-refractivity contribution < 1.29 is 5.11 Å². The lowest BCUT2D eigenvalue weighted by Gasteiger charge is -2.11. The van der Waals surface area contributed by atoms with Crippen LogP contribution in [-0.4, -0.2) is 21.3 Å². The van der Waals surface area contributed by atoms with E-state index >= 15 is 0 Å². The SMILES string of the molecule is Oc1c(Br)cc(Br)cc1/C=N/Nc1ncnc2sc3c(c12)CCCC3. The number of halogens is 2. The van der Waals surface area contributed by atoms with Crippen molar-refractivity contribution >= 4 is 65.4 Å². The molecular formula is C17H14Br2N4OS. The predicted molar refractivity (Wildman–Crippen MR) is 109 cm³/mol. The van der Waals surface area contributed by atoms with E-state index in [9.17, 15) is 5.11 Å². The quantitative estimate of drug-likeness (QED) is 0.396. The van der Waals surface area contributed by atoms with Crippen LogP contribution < -0.4 is 5.43 Å². The summed E-state index contributed by atoms with van der Waals surface area (Å²) in [6.45, 7) is 0.